The third-order valence-corrected chi connectivity index (χ3v) is 11.0. The van der Waals surface area contributed by atoms with Crippen LogP contribution < -0.4 is 4.90 Å². The summed E-state index contributed by atoms with van der Waals surface area (Å²) in [7, 11) is 0. The Bertz CT molecular complexity index is 1140. The number of hydrogen-bond acceptors (Lipinski definition) is 5. The van der Waals surface area contributed by atoms with E-state index in [1.807, 2.05) is 19.9 Å². The molecular weight excluding hydrogens is 534 g/mol. The van der Waals surface area contributed by atoms with E-state index in [4.69, 9.17) is 11.6 Å². The molecule has 9 heteroatoms. The van der Waals surface area contributed by atoms with Crippen molar-refractivity contribution in [1.29, 1.82) is 0 Å². The normalized spacial score (nSPS) is 29.7. The van der Waals surface area contributed by atoms with Crippen LogP contribution in [-0.2, 0) is 14.4 Å². The summed E-state index contributed by atoms with van der Waals surface area (Å²) < 4.78 is -1.25. The summed E-state index contributed by atoms with van der Waals surface area (Å²) in [5.74, 6) is -1.72. The molecule has 3 heterocycles. The van der Waals surface area contributed by atoms with Crippen molar-refractivity contribution in [1.82, 2.24) is 9.80 Å². The summed E-state index contributed by atoms with van der Waals surface area (Å²) in [4.78, 5) is 48.2. The second-order valence-corrected chi connectivity index (χ2v) is 13.3. The van der Waals surface area contributed by atoms with E-state index < -0.39 is 33.4 Å². The van der Waals surface area contributed by atoms with Crippen LogP contribution in [0, 0.1) is 11.8 Å². The largest absolute Gasteiger partial charge is 0.394 e. The van der Waals surface area contributed by atoms with Crippen LogP contribution in [0.3, 0.4) is 0 Å². The third kappa shape index (κ3) is 4.72. The van der Waals surface area contributed by atoms with E-state index in [9.17, 15) is 19.5 Å². The zero-order chi connectivity index (χ0) is 28.5. The zero-order valence-electron chi connectivity index (χ0n) is 23.1. The molecule has 1 spiro atoms. The molecule has 1 aromatic carbocycles. The Kier molecular flexibility index (Phi) is 8.89. The number of hydrogen-bond donors (Lipinski definition) is 1. The minimum Gasteiger partial charge on any atom is -0.394 e. The maximum absolute atomic E-state index is 14.6. The van der Waals surface area contributed by atoms with Gasteiger partial charge in [0.15, 0.2) is 0 Å². The van der Waals surface area contributed by atoms with Gasteiger partial charge in [-0.2, -0.15) is 0 Å². The van der Waals surface area contributed by atoms with Crippen molar-refractivity contribution in [2.45, 2.75) is 68.0 Å². The fourth-order valence-electron chi connectivity index (χ4n) is 6.99. The highest BCUT2D eigenvalue weighted by atomic mass is 35.5. The molecule has 3 fully saturated rings. The molecule has 7 nitrogen and oxygen atoms in total. The molecule has 3 saturated heterocycles. The van der Waals surface area contributed by atoms with Crippen LogP contribution in [0.4, 0.5) is 5.69 Å². The molecule has 0 aliphatic carbocycles. The van der Waals surface area contributed by atoms with E-state index in [0.717, 1.165) is 12.8 Å². The van der Waals surface area contributed by atoms with Crippen LogP contribution >= 0.6 is 23.4 Å². The Morgan fingerprint density at radius 3 is 2.49 bits per heavy atom. The Hall–Kier alpha value is -2.29. The van der Waals surface area contributed by atoms with E-state index in [2.05, 4.69) is 20.1 Å². The number of amides is 3. The minimum absolute atomic E-state index is 0.0502. The van der Waals surface area contributed by atoms with Gasteiger partial charge in [0.2, 0.25) is 11.8 Å². The van der Waals surface area contributed by atoms with Gasteiger partial charge in [0.25, 0.3) is 5.91 Å². The van der Waals surface area contributed by atoms with E-state index in [0.29, 0.717) is 36.6 Å². The number of carbonyl (C=O) groups is 3. The fourth-order valence-corrected chi connectivity index (χ4v) is 9.56. The van der Waals surface area contributed by atoms with E-state index in [1.54, 1.807) is 56.8 Å². The summed E-state index contributed by atoms with van der Waals surface area (Å²) in [6, 6.07) is 5.76. The summed E-state index contributed by atoms with van der Waals surface area (Å²) in [5, 5.41) is 10.8. The first-order valence-electron chi connectivity index (χ1n) is 13.8. The fraction of sp³-hybridized carbons (Fsp3) is 0.567. The smallest absolute Gasteiger partial charge is 0.251 e. The maximum atomic E-state index is 14.6. The number of halogens is 1. The first-order valence-corrected chi connectivity index (χ1v) is 15.0. The van der Waals surface area contributed by atoms with Crippen LogP contribution in [0.1, 0.15) is 46.5 Å². The molecule has 0 saturated carbocycles. The van der Waals surface area contributed by atoms with Crippen LogP contribution in [0.15, 0.2) is 49.6 Å². The number of rotatable bonds is 12. The molecule has 1 N–H and O–H groups in total. The topological polar surface area (TPSA) is 81.2 Å². The van der Waals surface area contributed by atoms with Crippen LogP contribution in [0.25, 0.3) is 0 Å². The summed E-state index contributed by atoms with van der Waals surface area (Å²) in [6.07, 6.45) is 6.02. The van der Waals surface area contributed by atoms with Crippen LogP contribution in [0.5, 0.6) is 0 Å². The predicted molar refractivity (Wildman–Crippen MR) is 158 cm³/mol. The number of thioether (sulfide) groups is 1. The summed E-state index contributed by atoms with van der Waals surface area (Å²) in [6.45, 7) is 14.6. The number of likely N-dealkylation sites (tertiary alicyclic amines) is 1. The van der Waals surface area contributed by atoms with Crippen molar-refractivity contribution in [3.05, 3.63) is 54.6 Å². The lowest BCUT2D eigenvalue weighted by molar-refractivity contribution is -0.146. The Morgan fingerprint density at radius 2 is 1.90 bits per heavy atom. The number of anilines is 1. The van der Waals surface area contributed by atoms with Crippen molar-refractivity contribution in [3.63, 3.8) is 0 Å². The summed E-state index contributed by atoms with van der Waals surface area (Å²) in [5.41, 5.74) is 0.546. The number of benzene rings is 1. The Labute approximate surface area is 241 Å². The van der Waals surface area contributed by atoms with Gasteiger partial charge in [-0.15, -0.1) is 24.9 Å². The number of para-hydroxylation sites is 1. The van der Waals surface area contributed by atoms with Gasteiger partial charge in [-0.25, -0.2) is 0 Å². The molecule has 3 amide bonds. The molecule has 1 aromatic rings. The molecule has 4 rings (SSSR count). The number of nitrogens with zero attached hydrogens (tertiary/aromatic N) is 3. The molecule has 3 aliphatic heterocycles. The summed E-state index contributed by atoms with van der Waals surface area (Å²) >= 11 is 8.18. The number of aliphatic hydroxyl groups is 1. The highest BCUT2D eigenvalue weighted by Crippen LogP contribution is 2.72. The minimum atomic E-state index is -0.841. The first-order chi connectivity index (χ1) is 18.6. The van der Waals surface area contributed by atoms with Gasteiger partial charge in [0, 0.05) is 24.4 Å². The van der Waals surface area contributed by atoms with Gasteiger partial charge in [-0.1, -0.05) is 49.7 Å². The standard InChI is InChI=1S/C30H40ClN3O4S/c1-6-16-32(17-7-2)26(36)23-24-27(37)34(20(9-4)19-35)25(30(24)15-14-29(23,5)39-30)28(38)33(18-8-3)22-13-11-10-12-21(22)31/h6,8,10-13,20,23-25,35H,1,3,7,9,14-19H2,2,4-5H3/t20-,23+,24-,25?,29-,30?/m0/s1. The van der Waals surface area contributed by atoms with E-state index >= 15 is 0 Å². The highest BCUT2D eigenvalue weighted by molar-refractivity contribution is 8.02. The van der Waals surface area contributed by atoms with Crippen molar-refractivity contribution in [2.75, 3.05) is 31.1 Å². The quantitative estimate of drug-likeness (QED) is 0.371. The lowest BCUT2D eigenvalue weighted by Crippen LogP contribution is -2.57. The second kappa shape index (κ2) is 11.7. The monoisotopic (exact) mass is 573 g/mol. The highest BCUT2D eigenvalue weighted by Gasteiger charge is 2.78. The molecular formula is C30H40ClN3O4S. The molecule has 0 radical (unpaired) electrons. The number of carbonyl (C=O) groups excluding carboxylic acids is 3. The molecule has 39 heavy (non-hydrogen) atoms. The third-order valence-electron chi connectivity index (χ3n) is 8.67. The molecule has 212 valence electrons. The zero-order valence-corrected chi connectivity index (χ0v) is 24.7. The molecule has 0 aromatic heterocycles. The van der Waals surface area contributed by atoms with Gasteiger partial charge in [0.05, 0.1) is 39.9 Å². The Morgan fingerprint density at radius 1 is 1.21 bits per heavy atom. The van der Waals surface area contributed by atoms with E-state index in [-0.39, 0.29) is 30.9 Å². The lowest BCUT2D eigenvalue weighted by Gasteiger charge is -2.39. The molecule has 3 aliphatic rings. The predicted octanol–water partition coefficient (Wildman–Crippen LogP) is 4.54. The van der Waals surface area contributed by atoms with Gasteiger partial charge < -0.3 is 19.8 Å². The second-order valence-electron chi connectivity index (χ2n) is 11.0. The van der Waals surface area contributed by atoms with E-state index in [1.165, 1.54) is 0 Å². The van der Waals surface area contributed by atoms with Crippen molar-refractivity contribution in [3.8, 4) is 0 Å². The van der Waals surface area contributed by atoms with Crippen molar-refractivity contribution in [2.24, 2.45) is 11.8 Å². The molecule has 2 unspecified atom stereocenters. The van der Waals surface area contributed by atoms with Gasteiger partial charge in [-0.3, -0.25) is 14.4 Å². The number of fused-ring (bicyclic) bond motifs is 1. The van der Waals surface area contributed by atoms with Crippen molar-refractivity contribution >= 4 is 46.8 Å². The molecule has 2 bridgehead atoms. The maximum Gasteiger partial charge on any atom is 0.251 e. The van der Waals surface area contributed by atoms with Gasteiger partial charge in [-0.05, 0) is 44.7 Å². The van der Waals surface area contributed by atoms with Crippen molar-refractivity contribution < 1.29 is 19.5 Å². The SMILES string of the molecule is C=CCN(CCC)C(=O)[C@H]1[C@H]2C(=O)N([C@@H](CC)CO)C(C(=O)N(CC=C)c3ccccc3Cl)C23CC[C@]1(C)S3. The average molecular weight is 574 g/mol. The number of aliphatic hydroxyl groups excluding tert-OH is 1. The first kappa shape index (κ1) is 29.7. The van der Waals surface area contributed by atoms with Gasteiger partial charge in [0.1, 0.15) is 6.04 Å². The molecule has 6 atom stereocenters. The average Bonchev–Trinajstić information content (AvgIpc) is 3.49. The van der Waals surface area contributed by atoms with Gasteiger partial charge >= 0.3 is 0 Å². The lowest BCUT2D eigenvalue weighted by atomic mass is 9.66. The Balaban J connectivity index is 1.85. The van der Waals surface area contributed by atoms with Crippen LogP contribution in [0.2, 0.25) is 5.02 Å². The van der Waals surface area contributed by atoms with Crippen LogP contribution in [-0.4, -0.2) is 80.4 Å².